The molecule has 3 amide bonds. The average Bonchev–Trinajstić information content (AvgIpc) is 3.51. The lowest BCUT2D eigenvalue weighted by atomic mass is 10.0. The lowest BCUT2D eigenvalue weighted by Crippen LogP contribution is -2.59. The highest BCUT2D eigenvalue weighted by Crippen LogP contribution is 2.35. The summed E-state index contributed by atoms with van der Waals surface area (Å²) < 4.78 is 46.5. The minimum atomic E-state index is -4.45. The molecule has 5 rings (SSSR count). The molecule has 13 heteroatoms. The van der Waals surface area contributed by atoms with E-state index in [9.17, 15) is 22.8 Å². The van der Waals surface area contributed by atoms with Gasteiger partial charge in [-0.15, -0.1) is 0 Å². The van der Waals surface area contributed by atoms with Crippen molar-refractivity contribution in [3.05, 3.63) is 36.2 Å². The number of likely N-dealkylation sites (tertiary alicyclic amines) is 2. The van der Waals surface area contributed by atoms with Gasteiger partial charge in [-0.2, -0.15) is 13.2 Å². The van der Waals surface area contributed by atoms with Crippen LogP contribution in [0.5, 0.6) is 5.88 Å². The normalized spacial score (nSPS) is 22.8. The molecule has 234 valence electrons. The van der Waals surface area contributed by atoms with Crippen molar-refractivity contribution in [3.8, 4) is 17.1 Å². The number of rotatable bonds is 8. The molecule has 3 saturated heterocycles. The summed E-state index contributed by atoms with van der Waals surface area (Å²) in [6.45, 7) is 6.70. The van der Waals surface area contributed by atoms with Crippen LogP contribution in [0.4, 0.5) is 23.7 Å². The van der Waals surface area contributed by atoms with E-state index < -0.39 is 18.2 Å². The van der Waals surface area contributed by atoms with Gasteiger partial charge < -0.3 is 29.7 Å². The van der Waals surface area contributed by atoms with Crippen LogP contribution in [0, 0.1) is 0 Å². The van der Waals surface area contributed by atoms with E-state index in [-0.39, 0.29) is 49.7 Å². The van der Waals surface area contributed by atoms with Crippen LogP contribution in [0.15, 0.2) is 30.5 Å². The Morgan fingerprint density at radius 3 is 2.56 bits per heavy atom. The van der Waals surface area contributed by atoms with E-state index in [4.69, 9.17) is 9.72 Å². The lowest BCUT2D eigenvalue weighted by molar-refractivity contribution is -0.170. The molecule has 0 saturated carbocycles. The SMILES string of the molecule is CCOc1ncccc1-c1ccc(N2CCN(C(=O)N3CCC[C@H]3C(F)(F)F)C[C@H]2CC)c(C(=O)NC[C@@H]2CCN2C)n1. The second-order valence-electron chi connectivity index (χ2n) is 11.4. The van der Waals surface area contributed by atoms with Crippen molar-refractivity contribution < 1.29 is 27.5 Å². The number of anilines is 1. The first-order chi connectivity index (χ1) is 20.6. The fourth-order valence-electron chi connectivity index (χ4n) is 6.17. The van der Waals surface area contributed by atoms with Crippen molar-refractivity contribution in [2.75, 3.05) is 57.8 Å². The zero-order valence-corrected chi connectivity index (χ0v) is 24.9. The molecule has 0 bridgehead atoms. The van der Waals surface area contributed by atoms with Crippen molar-refractivity contribution in [1.29, 1.82) is 0 Å². The predicted molar refractivity (Wildman–Crippen MR) is 156 cm³/mol. The molecule has 1 N–H and O–H groups in total. The minimum absolute atomic E-state index is 0.0680. The number of nitrogens with zero attached hydrogens (tertiary/aromatic N) is 6. The maximum Gasteiger partial charge on any atom is 0.408 e. The molecule has 5 heterocycles. The number of urea groups is 1. The number of ether oxygens (including phenoxy) is 1. The van der Waals surface area contributed by atoms with E-state index in [1.807, 2.05) is 39.1 Å². The van der Waals surface area contributed by atoms with E-state index >= 15 is 0 Å². The van der Waals surface area contributed by atoms with Gasteiger partial charge in [0.2, 0.25) is 5.88 Å². The molecule has 0 aliphatic carbocycles. The van der Waals surface area contributed by atoms with Crippen molar-refractivity contribution >= 4 is 17.6 Å². The molecular formula is C30H40F3N7O3. The van der Waals surface area contributed by atoms with Gasteiger partial charge >= 0.3 is 12.2 Å². The standard InChI is InChI=1S/C30H40F3N7O3/c1-4-20-19-38(29(42)40-14-7-9-25(40)30(31,32)33)16-17-39(20)24-11-10-23(22-8-6-13-34-28(22)43-5-2)36-26(24)27(41)35-18-21-12-15-37(21)3/h6,8,10-11,13,20-21,25H,4-5,7,9,12,14-19H2,1-3H3,(H,35,41)/t20-,21+,25+/m1/s1. The van der Waals surface area contributed by atoms with Crippen LogP contribution in [-0.2, 0) is 0 Å². The quantitative estimate of drug-likeness (QED) is 0.487. The summed E-state index contributed by atoms with van der Waals surface area (Å²) in [7, 11) is 2.02. The van der Waals surface area contributed by atoms with Gasteiger partial charge in [0.25, 0.3) is 5.91 Å². The Bertz CT molecular complexity index is 1310. The molecule has 2 aromatic heterocycles. The van der Waals surface area contributed by atoms with Gasteiger partial charge in [0.1, 0.15) is 6.04 Å². The minimum Gasteiger partial charge on any atom is -0.477 e. The summed E-state index contributed by atoms with van der Waals surface area (Å²) in [5, 5.41) is 3.05. The highest BCUT2D eigenvalue weighted by atomic mass is 19.4. The summed E-state index contributed by atoms with van der Waals surface area (Å²) in [5.41, 5.74) is 2.08. The Hall–Kier alpha value is -3.61. The number of amides is 3. The van der Waals surface area contributed by atoms with E-state index in [0.29, 0.717) is 55.4 Å². The van der Waals surface area contributed by atoms with Crippen molar-refractivity contribution in [3.63, 3.8) is 0 Å². The third-order valence-corrected chi connectivity index (χ3v) is 8.76. The van der Waals surface area contributed by atoms with Crippen molar-refractivity contribution in [2.45, 2.75) is 63.8 Å². The number of alkyl halides is 3. The van der Waals surface area contributed by atoms with Crippen LogP contribution in [0.1, 0.15) is 50.0 Å². The van der Waals surface area contributed by atoms with Gasteiger partial charge in [-0.3, -0.25) is 4.79 Å². The molecule has 10 nitrogen and oxygen atoms in total. The molecule has 3 aliphatic heterocycles. The largest absolute Gasteiger partial charge is 0.477 e. The highest BCUT2D eigenvalue weighted by Gasteiger charge is 2.49. The number of halogens is 3. The van der Waals surface area contributed by atoms with Crippen molar-refractivity contribution in [1.82, 2.24) is 30.0 Å². The molecule has 43 heavy (non-hydrogen) atoms. The smallest absolute Gasteiger partial charge is 0.408 e. The van der Waals surface area contributed by atoms with Crippen LogP contribution in [0.2, 0.25) is 0 Å². The van der Waals surface area contributed by atoms with Gasteiger partial charge in [-0.25, -0.2) is 14.8 Å². The molecule has 0 unspecified atom stereocenters. The Balaban J connectivity index is 1.41. The molecule has 0 radical (unpaired) electrons. The van der Waals surface area contributed by atoms with E-state index in [0.717, 1.165) is 17.9 Å². The summed E-state index contributed by atoms with van der Waals surface area (Å²) >= 11 is 0. The predicted octanol–water partition coefficient (Wildman–Crippen LogP) is 4.02. The number of pyridine rings is 2. The van der Waals surface area contributed by atoms with Crippen LogP contribution in [0.25, 0.3) is 11.3 Å². The summed E-state index contributed by atoms with van der Waals surface area (Å²) in [6, 6.07) is 5.05. The Morgan fingerprint density at radius 2 is 1.88 bits per heavy atom. The number of carbonyl (C=O) groups excluding carboxylic acids is 2. The molecule has 3 atom stereocenters. The highest BCUT2D eigenvalue weighted by molar-refractivity contribution is 5.98. The third-order valence-electron chi connectivity index (χ3n) is 8.76. The maximum absolute atomic E-state index is 13.7. The van der Waals surface area contributed by atoms with Crippen LogP contribution >= 0.6 is 0 Å². The van der Waals surface area contributed by atoms with Crippen LogP contribution in [-0.4, -0.2) is 114 Å². The number of piperazine rings is 1. The third kappa shape index (κ3) is 6.51. The van der Waals surface area contributed by atoms with Gasteiger partial charge in [0.15, 0.2) is 5.69 Å². The van der Waals surface area contributed by atoms with Gasteiger partial charge in [-0.1, -0.05) is 6.92 Å². The molecule has 2 aromatic rings. The van der Waals surface area contributed by atoms with E-state index in [2.05, 4.69) is 20.1 Å². The van der Waals surface area contributed by atoms with E-state index in [1.165, 1.54) is 4.90 Å². The zero-order valence-electron chi connectivity index (χ0n) is 24.9. The maximum atomic E-state index is 13.7. The molecule has 3 fully saturated rings. The Kier molecular flexibility index (Phi) is 9.28. The summed E-state index contributed by atoms with van der Waals surface area (Å²) in [5.74, 6) is 0.114. The summed E-state index contributed by atoms with van der Waals surface area (Å²) in [4.78, 5) is 42.8. The van der Waals surface area contributed by atoms with Crippen LogP contribution in [0.3, 0.4) is 0 Å². The number of carbonyl (C=O) groups is 2. The monoisotopic (exact) mass is 603 g/mol. The summed E-state index contributed by atoms with van der Waals surface area (Å²) in [6.07, 6.45) is -0.913. The first-order valence-electron chi connectivity index (χ1n) is 15.1. The topological polar surface area (TPSA) is 94.1 Å². The molecule has 0 aromatic carbocycles. The lowest BCUT2D eigenvalue weighted by Gasteiger charge is -2.44. The second-order valence-corrected chi connectivity index (χ2v) is 11.4. The first-order valence-corrected chi connectivity index (χ1v) is 15.1. The fraction of sp³-hybridized carbons (Fsp3) is 0.600. The molecular weight excluding hydrogens is 563 g/mol. The van der Waals surface area contributed by atoms with Crippen LogP contribution < -0.4 is 15.0 Å². The number of nitrogens with one attached hydrogen (secondary N) is 1. The van der Waals surface area contributed by atoms with E-state index in [1.54, 1.807) is 12.3 Å². The molecule has 0 spiro atoms. The first kappa shape index (κ1) is 30.8. The van der Waals surface area contributed by atoms with Gasteiger partial charge in [-0.05, 0) is 70.5 Å². The average molecular weight is 604 g/mol. The van der Waals surface area contributed by atoms with Gasteiger partial charge in [0.05, 0.1) is 23.6 Å². The zero-order chi connectivity index (χ0) is 30.7. The number of hydrogen-bond acceptors (Lipinski definition) is 7. The number of aromatic nitrogens is 2. The Morgan fingerprint density at radius 1 is 1.07 bits per heavy atom. The van der Waals surface area contributed by atoms with Crippen molar-refractivity contribution in [2.24, 2.45) is 0 Å². The van der Waals surface area contributed by atoms with Gasteiger partial charge in [0, 0.05) is 51.0 Å². The Labute approximate surface area is 250 Å². The fourth-order valence-corrected chi connectivity index (χ4v) is 6.17. The number of likely N-dealkylation sites (N-methyl/N-ethyl adjacent to an activating group) is 1. The molecule has 3 aliphatic rings. The second kappa shape index (κ2) is 12.9. The number of hydrogen-bond donors (Lipinski definition) is 1.